The normalized spacial score (nSPS) is 21.2. The van der Waals surface area contributed by atoms with Gasteiger partial charge in [0.25, 0.3) is 0 Å². The van der Waals surface area contributed by atoms with E-state index in [4.69, 9.17) is 0 Å². The summed E-state index contributed by atoms with van der Waals surface area (Å²) in [6.07, 6.45) is 0.714. The lowest BCUT2D eigenvalue weighted by atomic mass is 10.1. The number of nitrogens with one attached hydrogen (secondary N) is 1. The molecule has 1 fully saturated rings. The molecule has 0 saturated carbocycles. The number of ether oxygens (including phenoxy) is 1. The lowest BCUT2D eigenvalue weighted by Crippen LogP contribution is -2.54. The molecule has 108 valence electrons. The van der Waals surface area contributed by atoms with Gasteiger partial charge in [0.1, 0.15) is 12.1 Å². The minimum absolute atomic E-state index is 0.188. The van der Waals surface area contributed by atoms with Gasteiger partial charge in [-0.1, -0.05) is 0 Å². The van der Waals surface area contributed by atoms with Crippen LogP contribution in [-0.2, 0) is 19.1 Å². The standard InChI is InChI=1S/C13H22N2O4/c1-8(12(18)19-5)15-9(6-7-10(15)16)11(17)14-13(2,3)4/h8-9H,6-7H2,1-5H3,(H,14,17)/t8-,9+/m0/s1. The molecule has 1 rings (SSSR count). The van der Waals surface area contributed by atoms with Gasteiger partial charge in [0, 0.05) is 12.0 Å². The predicted molar refractivity (Wildman–Crippen MR) is 69.2 cm³/mol. The number of likely N-dealkylation sites (tertiary alicyclic amines) is 1. The highest BCUT2D eigenvalue weighted by Gasteiger charge is 2.42. The van der Waals surface area contributed by atoms with Gasteiger partial charge in [-0.15, -0.1) is 0 Å². The Balaban J connectivity index is 2.85. The maximum absolute atomic E-state index is 12.2. The van der Waals surface area contributed by atoms with E-state index in [0.717, 1.165) is 0 Å². The molecule has 0 bridgehead atoms. The highest BCUT2D eigenvalue weighted by Crippen LogP contribution is 2.23. The number of carbonyl (C=O) groups excluding carboxylic acids is 3. The van der Waals surface area contributed by atoms with Crippen molar-refractivity contribution in [2.45, 2.75) is 58.2 Å². The van der Waals surface area contributed by atoms with Crippen molar-refractivity contribution in [3.8, 4) is 0 Å². The van der Waals surface area contributed by atoms with Crippen LogP contribution in [0.2, 0.25) is 0 Å². The molecule has 1 aliphatic heterocycles. The average molecular weight is 270 g/mol. The van der Waals surface area contributed by atoms with Crippen LogP contribution in [0.3, 0.4) is 0 Å². The first-order chi connectivity index (χ1) is 8.67. The number of rotatable bonds is 3. The third-order valence-electron chi connectivity index (χ3n) is 3.02. The van der Waals surface area contributed by atoms with Crippen molar-refractivity contribution in [2.75, 3.05) is 7.11 Å². The SMILES string of the molecule is COC(=O)[C@H](C)N1C(=O)CC[C@@H]1C(=O)NC(C)(C)C. The van der Waals surface area contributed by atoms with Crippen LogP contribution in [0.25, 0.3) is 0 Å². The topological polar surface area (TPSA) is 75.7 Å². The summed E-state index contributed by atoms with van der Waals surface area (Å²) < 4.78 is 4.64. The Bertz CT molecular complexity index is 387. The summed E-state index contributed by atoms with van der Waals surface area (Å²) in [5.74, 6) is -0.926. The second-order valence-corrected chi connectivity index (χ2v) is 5.79. The summed E-state index contributed by atoms with van der Waals surface area (Å²) in [7, 11) is 1.27. The Morgan fingerprint density at radius 3 is 2.47 bits per heavy atom. The van der Waals surface area contributed by atoms with E-state index in [1.54, 1.807) is 6.92 Å². The van der Waals surface area contributed by atoms with Crippen molar-refractivity contribution in [1.29, 1.82) is 0 Å². The van der Waals surface area contributed by atoms with Crippen LogP contribution in [0.15, 0.2) is 0 Å². The van der Waals surface area contributed by atoms with Crippen molar-refractivity contribution in [2.24, 2.45) is 0 Å². The number of amides is 2. The summed E-state index contributed by atoms with van der Waals surface area (Å²) in [6, 6.07) is -1.34. The van der Waals surface area contributed by atoms with Crippen molar-refractivity contribution in [1.82, 2.24) is 10.2 Å². The maximum atomic E-state index is 12.2. The quantitative estimate of drug-likeness (QED) is 0.756. The molecule has 2 atom stereocenters. The fourth-order valence-corrected chi connectivity index (χ4v) is 2.18. The molecule has 1 aliphatic rings. The number of carbonyl (C=O) groups is 3. The molecule has 0 radical (unpaired) electrons. The molecule has 6 heteroatoms. The van der Waals surface area contributed by atoms with Gasteiger partial charge in [-0.05, 0) is 34.1 Å². The first-order valence-electron chi connectivity index (χ1n) is 6.38. The molecule has 19 heavy (non-hydrogen) atoms. The molecule has 1 saturated heterocycles. The van der Waals surface area contributed by atoms with E-state index in [1.807, 2.05) is 20.8 Å². The van der Waals surface area contributed by atoms with Crippen LogP contribution in [0.5, 0.6) is 0 Å². The number of hydrogen-bond donors (Lipinski definition) is 1. The summed E-state index contributed by atoms with van der Waals surface area (Å²) in [5.41, 5.74) is -0.372. The van der Waals surface area contributed by atoms with E-state index in [1.165, 1.54) is 12.0 Å². The van der Waals surface area contributed by atoms with Crippen LogP contribution in [0, 0.1) is 0 Å². The summed E-state index contributed by atoms with van der Waals surface area (Å²) in [6.45, 7) is 7.19. The largest absolute Gasteiger partial charge is 0.467 e. The van der Waals surface area contributed by atoms with Gasteiger partial charge in [-0.25, -0.2) is 4.79 Å². The Morgan fingerprint density at radius 1 is 1.42 bits per heavy atom. The molecule has 2 amide bonds. The van der Waals surface area contributed by atoms with E-state index < -0.39 is 18.1 Å². The van der Waals surface area contributed by atoms with E-state index >= 15 is 0 Å². The number of nitrogens with zero attached hydrogens (tertiary/aromatic N) is 1. The monoisotopic (exact) mass is 270 g/mol. The number of methoxy groups -OCH3 is 1. The smallest absolute Gasteiger partial charge is 0.328 e. The first-order valence-corrected chi connectivity index (χ1v) is 6.38. The second kappa shape index (κ2) is 5.59. The lowest BCUT2D eigenvalue weighted by molar-refractivity contribution is -0.153. The third-order valence-corrected chi connectivity index (χ3v) is 3.02. The van der Waals surface area contributed by atoms with Crippen molar-refractivity contribution in [3.63, 3.8) is 0 Å². The minimum atomic E-state index is -0.740. The van der Waals surface area contributed by atoms with E-state index in [9.17, 15) is 14.4 Å². The Labute approximate surface area is 113 Å². The van der Waals surface area contributed by atoms with Crippen molar-refractivity contribution in [3.05, 3.63) is 0 Å². The molecule has 0 aliphatic carbocycles. The minimum Gasteiger partial charge on any atom is -0.467 e. The van der Waals surface area contributed by atoms with Crippen molar-refractivity contribution >= 4 is 17.8 Å². The number of esters is 1. The summed E-state index contributed by atoms with van der Waals surface area (Å²) >= 11 is 0. The molecule has 0 spiro atoms. The fourth-order valence-electron chi connectivity index (χ4n) is 2.18. The van der Waals surface area contributed by atoms with Crippen LogP contribution < -0.4 is 5.32 Å². The Hall–Kier alpha value is -1.59. The first kappa shape index (κ1) is 15.5. The highest BCUT2D eigenvalue weighted by atomic mass is 16.5. The van der Waals surface area contributed by atoms with Crippen LogP contribution in [0.4, 0.5) is 0 Å². The molecule has 1 N–H and O–H groups in total. The zero-order chi connectivity index (χ0) is 14.8. The zero-order valence-electron chi connectivity index (χ0n) is 12.1. The van der Waals surface area contributed by atoms with E-state index in [-0.39, 0.29) is 23.8 Å². The summed E-state index contributed by atoms with van der Waals surface area (Å²) in [4.78, 5) is 36.9. The molecular weight excluding hydrogens is 248 g/mol. The molecule has 6 nitrogen and oxygen atoms in total. The van der Waals surface area contributed by atoms with Gasteiger partial charge in [0.2, 0.25) is 11.8 Å². The molecule has 0 aromatic heterocycles. The predicted octanol–water partition coefficient (Wildman–Crippen LogP) is 0.454. The second-order valence-electron chi connectivity index (χ2n) is 5.79. The van der Waals surface area contributed by atoms with Crippen molar-refractivity contribution < 1.29 is 19.1 Å². The van der Waals surface area contributed by atoms with Crippen LogP contribution >= 0.6 is 0 Å². The van der Waals surface area contributed by atoms with Gasteiger partial charge in [-0.2, -0.15) is 0 Å². The number of hydrogen-bond acceptors (Lipinski definition) is 4. The molecule has 1 heterocycles. The average Bonchev–Trinajstić information content (AvgIpc) is 2.67. The van der Waals surface area contributed by atoms with E-state index in [2.05, 4.69) is 10.1 Å². The Morgan fingerprint density at radius 2 is 2.00 bits per heavy atom. The summed E-state index contributed by atoms with van der Waals surface area (Å²) in [5, 5.41) is 2.84. The molecule has 0 aromatic rings. The highest BCUT2D eigenvalue weighted by molar-refractivity contribution is 5.94. The maximum Gasteiger partial charge on any atom is 0.328 e. The Kier molecular flexibility index (Phi) is 4.55. The molecule has 0 aromatic carbocycles. The lowest BCUT2D eigenvalue weighted by Gasteiger charge is -2.31. The van der Waals surface area contributed by atoms with Gasteiger partial charge in [0.15, 0.2) is 0 Å². The van der Waals surface area contributed by atoms with Gasteiger partial charge < -0.3 is 15.0 Å². The third kappa shape index (κ3) is 3.68. The molecular formula is C13H22N2O4. The van der Waals surface area contributed by atoms with Crippen LogP contribution in [0.1, 0.15) is 40.5 Å². The van der Waals surface area contributed by atoms with Gasteiger partial charge in [-0.3, -0.25) is 9.59 Å². The van der Waals surface area contributed by atoms with Crippen LogP contribution in [-0.4, -0.2) is 47.4 Å². The zero-order valence-corrected chi connectivity index (χ0v) is 12.1. The fraction of sp³-hybridized carbons (Fsp3) is 0.769. The molecule has 0 unspecified atom stereocenters. The van der Waals surface area contributed by atoms with E-state index in [0.29, 0.717) is 6.42 Å². The van der Waals surface area contributed by atoms with Gasteiger partial charge in [0.05, 0.1) is 7.11 Å². The van der Waals surface area contributed by atoms with Gasteiger partial charge >= 0.3 is 5.97 Å².